The summed E-state index contributed by atoms with van der Waals surface area (Å²) in [4.78, 5) is 13.5. The van der Waals surface area contributed by atoms with Crippen molar-refractivity contribution in [2.45, 2.75) is 65.0 Å². The number of aliphatic carboxylic acids is 1. The van der Waals surface area contributed by atoms with E-state index in [1.165, 1.54) is 6.42 Å². The van der Waals surface area contributed by atoms with Gasteiger partial charge in [-0.2, -0.15) is 0 Å². The minimum absolute atomic E-state index is 0.593. The average molecular weight is 272 g/mol. The normalized spacial score (nSPS) is 16.6. The Morgan fingerprint density at radius 1 is 1.32 bits per heavy atom. The number of nitrogens with zero attached hydrogens (tertiary/aromatic N) is 1. The second-order valence-corrected chi connectivity index (χ2v) is 6.30. The van der Waals surface area contributed by atoms with Crippen LogP contribution in [0.4, 0.5) is 0 Å². The maximum absolute atomic E-state index is 11.1. The number of carbonyl (C=O) groups is 1. The summed E-state index contributed by atoms with van der Waals surface area (Å²) in [5.74, 6) is -0.0476. The highest BCUT2D eigenvalue weighted by molar-refractivity contribution is 5.78. The molecule has 0 aliphatic rings. The topological polar surface area (TPSA) is 52.6 Å². The minimum Gasteiger partial charge on any atom is -0.480 e. The van der Waals surface area contributed by atoms with Crippen LogP contribution in [0, 0.1) is 5.92 Å². The Balaban J connectivity index is 3.94. The van der Waals surface area contributed by atoms with Crippen LogP contribution in [0.2, 0.25) is 0 Å². The van der Waals surface area contributed by atoms with Crippen LogP contribution >= 0.6 is 0 Å². The molecule has 0 bridgehead atoms. The predicted molar refractivity (Wildman–Crippen MR) is 80.5 cm³/mol. The molecule has 19 heavy (non-hydrogen) atoms. The molecule has 2 unspecified atom stereocenters. The molecule has 0 heterocycles. The number of unbranched alkanes of at least 4 members (excludes halogenated alkanes) is 1. The fourth-order valence-electron chi connectivity index (χ4n) is 2.26. The molecule has 0 radical (unpaired) electrons. The third kappa shape index (κ3) is 6.92. The van der Waals surface area contributed by atoms with Crippen LogP contribution < -0.4 is 5.32 Å². The zero-order chi connectivity index (χ0) is 15.1. The van der Waals surface area contributed by atoms with Crippen LogP contribution in [0.3, 0.4) is 0 Å². The van der Waals surface area contributed by atoms with Crippen LogP contribution in [0.25, 0.3) is 0 Å². The maximum Gasteiger partial charge on any atom is 0.323 e. The molecule has 0 amide bonds. The molecular formula is C15H32N2O2. The van der Waals surface area contributed by atoms with E-state index in [1.807, 2.05) is 0 Å². The number of likely N-dealkylation sites (N-methyl/N-ethyl adjacent to an activating group) is 1. The fraction of sp³-hybridized carbons (Fsp3) is 0.933. The van der Waals surface area contributed by atoms with E-state index in [1.54, 1.807) is 14.0 Å². The zero-order valence-corrected chi connectivity index (χ0v) is 13.5. The molecule has 0 aromatic carbocycles. The van der Waals surface area contributed by atoms with Gasteiger partial charge >= 0.3 is 5.97 Å². The number of rotatable bonds is 10. The molecule has 0 rings (SSSR count). The highest BCUT2D eigenvalue weighted by Crippen LogP contribution is 2.15. The molecule has 0 saturated carbocycles. The minimum atomic E-state index is -0.790. The predicted octanol–water partition coefficient (Wildman–Crippen LogP) is 2.59. The van der Waals surface area contributed by atoms with Crippen molar-refractivity contribution >= 4 is 5.97 Å². The highest BCUT2D eigenvalue weighted by Gasteiger charge is 2.30. The number of hydrogen-bond donors (Lipinski definition) is 2. The van der Waals surface area contributed by atoms with E-state index >= 15 is 0 Å². The van der Waals surface area contributed by atoms with E-state index in [0.29, 0.717) is 12.5 Å². The Bertz CT molecular complexity index is 269. The lowest BCUT2D eigenvalue weighted by Gasteiger charge is -2.27. The van der Waals surface area contributed by atoms with Crippen molar-refractivity contribution in [3.8, 4) is 0 Å². The summed E-state index contributed by atoms with van der Waals surface area (Å²) in [6.45, 7) is 9.54. The Labute approximate surface area is 118 Å². The molecule has 4 heteroatoms. The molecule has 114 valence electrons. The van der Waals surface area contributed by atoms with Crippen molar-refractivity contribution in [1.82, 2.24) is 10.2 Å². The van der Waals surface area contributed by atoms with Crippen LogP contribution in [0.5, 0.6) is 0 Å². The van der Waals surface area contributed by atoms with Crippen molar-refractivity contribution in [1.29, 1.82) is 0 Å². The van der Waals surface area contributed by atoms with E-state index in [-0.39, 0.29) is 0 Å². The first kappa shape index (κ1) is 18.4. The first-order valence-corrected chi connectivity index (χ1v) is 7.35. The summed E-state index contributed by atoms with van der Waals surface area (Å²) in [5, 5.41) is 12.1. The average Bonchev–Trinajstić information content (AvgIpc) is 2.32. The van der Waals surface area contributed by atoms with Gasteiger partial charge in [-0.15, -0.1) is 0 Å². The molecule has 0 aliphatic carbocycles. The zero-order valence-electron chi connectivity index (χ0n) is 13.5. The molecule has 0 aromatic heterocycles. The first-order valence-electron chi connectivity index (χ1n) is 7.35. The highest BCUT2D eigenvalue weighted by atomic mass is 16.4. The van der Waals surface area contributed by atoms with Crippen molar-refractivity contribution in [3.05, 3.63) is 0 Å². The van der Waals surface area contributed by atoms with Gasteiger partial charge in [-0.1, -0.05) is 13.8 Å². The monoisotopic (exact) mass is 272 g/mol. The molecule has 2 N–H and O–H groups in total. The van der Waals surface area contributed by atoms with Crippen LogP contribution in [-0.2, 0) is 4.79 Å². The summed E-state index contributed by atoms with van der Waals surface area (Å²) in [6, 6.07) is 0.593. The standard InChI is InChI=1S/C15H32N2O2/c1-12(2)11-13(3)17(6)10-8-7-9-15(4,16-5)14(18)19/h12-13,16H,7-11H2,1-6H3,(H,18,19). The molecule has 0 fully saturated rings. The van der Waals surface area contributed by atoms with Crippen molar-refractivity contribution in [3.63, 3.8) is 0 Å². The smallest absolute Gasteiger partial charge is 0.323 e. The lowest BCUT2D eigenvalue weighted by molar-refractivity contribution is -0.144. The van der Waals surface area contributed by atoms with E-state index in [4.69, 9.17) is 5.11 Å². The number of nitrogens with one attached hydrogen (secondary N) is 1. The van der Waals surface area contributed by atoms with Gasteiger partial charge in [0.25, 0.3) is 0 Å². The Kier molecular flexibility index (Phi) is 8.26. The second kappa shape index (κ2) is 8.54. The quantitative estimate of drug-likeness (QED) is 0.600. The van der Waals surface area contributed by atoms with E-state index in [9.17, 15) is 4.79 Å². The van der Waals surface area contributed by atoms with Gasteiger partial charge in [-0.25, -0.2) is 0 Å². The number of carboxylic acid groups (broad SMARTS) is 1. The molecular weight excluding hydrogens is 240 g/mol. The van der Waals surface area contributed by atoms with Crippen LogP contribution in [-0.4, -0.2) is 48.2 Å². The van der Waals surface area contributed by atoms with Gasteiger partial charge in [-0.05, 0) is 66.1 Å². The van der Waals surface area contributed by atoms with Gasteiger partial charge in [0.2, 0.25) is 0 Å². The first-order chi connectivity index (χ1) is 8.73. The Morgan fingerprint density at radius 2 is 1.89 bits per heavy atom. The van der Waals surface area contributed by atoms with E-state index in [2.05, 4.69) is 38.0 Å². The lowest BCUT2D eigenvalue weighted by atomic mass is 9.95. The number of hydrogen-bond acceptors (Lipinski definition) is 3. The Morgan fingerprint density at radius 3 is 2.32 bits per heavy atom. The van der Waals surface area contributed by atoms with Gasteiger partial charge in [-0.3, -0.25) is 4.79 Å². The molecule has 0 aromatic rings. The SMILES string of the molecule is CNC(C)(CCCCN(C)C(C)CC(C)C)C(=O)O. The van der Waals surface area contributed by atoms with Crippen LogP contribution in [0.15, 0.2) is 0 Å². The van der Waals surface area contributed by atoms with Crippen molar-refractivity contribution in [2.24, 2.45) is 5.92 Å². The van der Waals surface area contributed by atoms with Gasteiger partial charge in [0.1, 0.15) is 5.54 Å². The summed E-state index contributed by atoms with van der Waals surface area (Å²) >= 11 is 0. The van der Waals surface area contributed by atoms with Gasteiger partial charge < -0.3 is 15.3 Å². The molecule has 0 aliphatic heterocycles. The van der Waals surface area contributed by atoms with Crippen molar-refractivity contribution in [2.75, 3.05) is 20.6 Å². The third-order valence-corrected chi connectivity index (χ3v) is 4.03. The largest absolute Gasteiger partial charge is 0.480 e. The van der Waals surface area contributed by atoms with E-state index < -0.39 is 11.5 Å². The second-order valence-electron chi connectivity index (χ2n) is 6.30. The third-order valence-electron chi connectivity index (χ3n) is 4.03. The maximum atomic E-state index is 11.1. The summed E-state index contributed by atoms with van der Waals surface area (Å²) in [7, 11) is 3.87. The van der Waals surface area contributed by atoms with Gasteiger partial charge in [0.15, 0.2) is 0 Å². The molecule has 0 saturated heterocycles. The van der Waals surface area contributed by atoms with Crippen molar-refractivity contribution < 1.29 is 9.90 Å². The Hall–Kier alpha value is -0.610. The van der Waals surface area contributed by atoms with Gasteiger partial charge in [0, 0.05) is 6.04 Å². The van der Waals surface area contributed by atoms with Gasteiger partial charge in [0.05, 0.1) is 0 Å². The van der Waals surface area contributed by atoms with Crippen LogP contribution in [0.1, 0.15) is 53.4 Å². The number of carboxylic acids is 1. The summed E-state index contributed by atoms with van der Waals surface area (Å²) < 4.78 is 0. The summed E-state index contributed by atoms with van der Waals surface area (Å²) in [6.07, 6.45) is 3.86. The van der Waals surface area contributed by atoms with E-state index in [0.717, 1.165) is 25.3 Å². The lowest BCUT2D eigenvalue weighted by Crippen LogP contribution is -2.47. The molecule has 4 nitrogen and oxygen atoms in total. The summed E-state index contributed by atoms with van der Waals surface area (Å²) in [5.41, 5.74) is -0.790. The fourth-order valence-corrected chi connectivity index (χ4v) is 2.26. The molecule has 2 atom stereocenters. The molecule has 0 spiro atoms.